The van der Waals surface area contributed by atoms with Crippen LogP contribution in [-0.4, -0.2) is 23.3 Å². The summed E-state index contributed by atoms with van der Waals surface area (Å²) in [4.78, 5) is 11.3. The normalized spacial score (nSPS) is 49.8. The van der Waals surface area contributed by atoms with E-state index in [1.807, 2.05) is 6.92 Å². The molecule has 12 heavy (non-hydrogen) atoms. The number of carbonyl (C=O) groups excluding carboxylic acids is 1. The Morgan fingerprint density at radius 3 is 2.75 bits per heavy atom. The van der Waals surface area contributed by atoms with Gasteiger partial charge in [0.15, 0.2) is 0 Å². The van der Waals surface area contributed by atoms with Crippen LogP contribution in [0.25, 0.3) is 0 Å². The molecule has 3 nitrogen and oxygen atoms in total. The fourth-order valence-corrected chi connectivity index (χ4v) is 1.51. The Bertz CT molecular complexity index is 215. The Balaban J connectivity index is 2.85. The van der Waals surface area contributed by atoms with Crippen molar-refractivity contribution in [2.75, 3.05) is 0 Å². The second-order valence-electron chi connectivity index (χ2n) is 3.34. The smallest absolute Gasteiger partial charge is 0.311 e. The van der Waals surface area contributed by atoms with Crippen molar-refractivity contribution < 1.29 is 16.0 Å². The summed E-state index contributed by atoms with van der Waals surface area (Å²) in [6, 6.07) is 0. The van der Waals surface area contributed by atoms with E-state index in [-0.39, 0.29) is 12.0 Å². The zero-order valence-corrected chi connectivity index (χ0v) is 7.70. The Morgan fingerprint density at radius 1 is 1.67 bits per heavy atom. The van der Waals surface area contributed by atoms with Crippen LogP contribution < -0.4 is 0 Å². The van der Waals surface area contributed by atoms with E-state index in [2.05, 4.69) is 0 Å². The molecule has 0 aromatic carbocycles. The first kappa shape index (κ1) is 8.05. The molecule has 1 heterocycles. The third kappa shape index (κ3) is 1.46. The van der Waals surface area contributed by atoms with E-state index in [1.54, 1.807) is 6.92 Å². The summed E-state index contributed by atoms with van der Waals surface area (Å²) >= 11 is 0. The number of hydrogen-bond acceptors (Lipinski definition) is 3. The molecule has 1 saturated heterocycles. The maximum atomic E-state index is 11.3. The molecule has 1 aliphatic heterocycles. The summed E-state index contributed by atoms with van der Waals surface area (Å²) in [5, 5.41) is 9.69. The van der Waals surface area contributed by atoms with Gasteiger partial charge in [0.1, 0.15) is 6.10 Å². The quantitative estimate of drug-likeness (QED) is 0.601. The highest BCUT2D eigenvalue weighted by atomic mass is 16.5. The number of carbonyl (C=O) groups is 1. The molecule has 1 N–H and O–H groups in total. The van der Waals surface area contributed by atoms with Crippen molar-refractivity contribution in [3.8, 4) is 0 Å². The molecule has 0 saturated carbocycles. The first-order chi connectivity index (χ1) is 5.91. The molecule has 1 aliphatic rings. The third-order valence-electron chi connectivity index (χ3n) is 2.51. The summed E-state index contributed by atoms with van der Waals surface area (Å²) in [7, 11) is 0. The predicted octanol–water partition coefficient (Wildman–Crippen LogP) is 0.955. The first-order valence-electron chi connectivity index (χ1n) is 4.80. The van der Waals surface area contributed by atoms with Gasteiger partial charge in [-0.25, -0.2) is 0 Å². The molecule has 0 bridgehead atoms. The van der Waals surface area contributed by atoms with Gasteiger partial charge in [-0.2, -0.15) is 0 Å². The van der Waals surface area contributed by atoms with Gasteiger partial charge < -0.3 is 9.84 Å². The molecule has 0 spiro atoms. The van der Waals surface area contributed by atoms with E-state index in [1.165, 1.54) is 6.92 Å². The van der Waals surface area contributed by atoms with Crippen LogP contribution in [0.4, 0.5) is 0 Å². The lowest BCUT2D eigenvalue weighted by Crippen LogP contribution is -2.46. The van der Waals surface area contributed by atoms with Crippen molar-refractivity contribution >= 4 is 5.97 Å². The molecule has 3 heteroatoms. The molecule has 0 amide bonds. The summed E-state index contributed by atoms with van der Waals surface area (Å²) in [5.41, 5.74) is 0. The van der Waals surface area contributed by atoms with Crippen LogP contribution >= 0.6 is 0 Å². The average Bonchev–Trinajstić information content (AvgIpc) is 2.09. The molecular weight excluding hydrogens is 156 g/mol. The van der Waals surface area contributed by atoms with E-state index in [4.69, 9.17) is 6.11 Å². The highest BCUT2D eigenvalue weighted by Gasteiger charge is 2.39. The van der Waals surface area contributed by atoms with E-state index in [0.29, 0.717) is 6.42 Å². The topological polar surface area (TPSA) is 46.5 Å². The number of hydrogen-bond donors (Lipinski definition) is 1. The Kier molecular flexibility index (Phi) is 2.30. The second kappa shape index (κ2) is 3.44. The number of aliphatic hydroxyl groups is 1. The van der Waals surface area contributed by atoms with Crippen molar-refractivity contribution in [1.82, 2.24) is 0 Å². The zero-order chi connectivity index (χ0) is 10.2. The van der Waals surface area contributed by atoms with Crippen LogP contribution in [0.3, 0.4) is 0 Å². The minimum Gasteiger partial charge on any atom is -0.462 e. The van der Waals surface area contributed by atoms with Gasteiger partial charge in [-0.1, -0.05) is 13.8 Å². The SMILES string of the molecule is [2H][C@]1(C)C(=O)O[C@H](CC)[C@H](C)[C@@H]1O. The molecule has 70 valence electrons. The van der Waals surface area contributed by atoms with Crippen LogP contribution in [0.15, 0.2) is 0 Å². The first-order valence-corrected chi connectivity index (χ1v) is 4.30. The number of cyclic esters (lactones) is 1. The summed E-state index contributed by atoms with van der Waals surface area (Å²) < 4.78 is 12.7. The zero-order valence-electron chi connectivity index (χ0n) is 8.70. The highest BCUT2D eigenvalue weighted by Crippen LogP contribution is 2.27. The molecular formula is C9H16O3. The lowest BCUT2D eigenvalue weighted by molar-refractivity contribution is -0.177. The van der Waals surface area contributed by atoms with Gasteiger partial charge in [0.05, 0.1) is 12.0 Å². The van der Waals surface area contributed by atoms with Gasteiger partial charge >= 0.3 is 5.97 Å². The highest BCUT2D eigenvalue weighted by molar-refractivity contribution is 5.73. The summed E-state index contributed by atoms with van der Waals surface area (Å²) in [6.07, 6.45) is -0.500. The molecule has 1 fully saturated rings. The molecule has 0 aromatic heterocycles. The second-order valence-corrected chi connectivity index (χ2v) is 3.34. The summed E-state index contributed by atoms with van der Waals surface area (Å²) in [6.45, 7) is 5.09. The van der Waals surface area contributed by atoms with Crippen molar-refractivity contribution in [1.29, 1.82) is 0 Å². The molecule has 0 aromatic rings. The summed E-state index contributed by atoms with van der Waals surface area (Å²) in [5.74, 6) is -2.29. The monoisotopic (exact) mass is 173 g/mol. The van der Waals surface area contributed by atoms with Crippen molar-refractivity contribution in [2.24, 2.45) is 11.8 Å². The molecule has 0 unspecified atom stereocenters. The van der Waals surface area contributed by atoms with Crippen LogP contribution in [0.2, 0.25) is 0 Å². The van der Waals surface area contributed by atoms with Gasteiger partial charge in [0, 0.05) is 7.29 Å². The van der Waals surface area contributed by atoms with E-state index >= 15 is 0 Å². The van der Waals surface area contributed by atoms with E-state index in [9.17, 15) is 9.90 Å². The average molecular weight is 173 g/mol. The number of aliphatic hydroxyl groups excluding tert-OH is 1. The Labute approximate surface area is 74.1 Å². The maximum Gasteiger partial charge on any atom is 0.311 e. The van der Waals surface area contributed by atoms with Gasteiger partial charge in [0.2, 0.25) is 0 Å². The van der Waals surface area contributed by atoms with E-state index < -0.39 is 18.0 Å². The van der Waals surface area contributed by atoms with Crippen molar-refractivity contribution in [3.63, 3.8) is 0 Å². The van der Waals surface area contributed by atoms with Gasteiger partial charge in [-0.15, -0.1) is 0 Å². The van der Waals surface area contributed by atoms with Crippen LogP contribution in [0, 0.1) is 11.8 Å². The lowest BCUT2D eigenvalue weighted by Gasteiger charge is -2.35. The van der Waals surface area contributed by atoms with Gasteiger partial charge in [-0.3, -0.25) is 4.79 Å². The predicted molar refractivity (Wildman–Crippen MR) is 44.5 cm³/mol. The molecule has 0 aliphatic carbocycles. The van der Waals surface area contributed by atoms with Gasteiger partial charge in [-0.05, 0) is 13.3 Å². The fraction of sp³-hybridized carbons (Fsp3) is 0.889. The van der Waals surface area contributed by atoms with Crippen molar-refractivity contribution in [2.45, 2.75) is 39.4 Å². The third-order valence-corrected chi connectivity index (χ3v) is 2.51. The van der Waals surface area contributed by atoms with E-state index in [0.717, 1.165) is 0 Å². The minimum atomic E-state index is -1.51. The Morgan fingerprint density at radius 2 is 2.25 bits per heavy atom. The van der Waals surface area contributed by atoms with Gasteiger partial charge in [0.25, 0.3) is 0 Å². The molecule has 0 radical (unpaired) electrons. The Hall–Kier alpha value is -0.570. The largest absolute Gasteiger partial charge is 0.462 e. The lowest BCUT2D eigenvalue weighted by atomic mass is 9.85. The maximum absolute atomic E-state index is 11.3. The fourth-order valence-electron chi connectivity index (χ4n) is 1.51. The standard InChI is InChI=1S/C9H16O3/c1-4-7-5(2)8(10)6(3)9(11)12-7/h5-8,10H,4H2,1-3H3/t5-,6+,7+,8-/m0/s1/i6D. The minimum absolute atomic E-state index is 0.162. The number of ether oxygens (including phenoxy) is 1. The molecule has 4 atom stereocenters. The molecule has 1 rings (SSSR count). The number of rotatable bonds is 1. The van der Waals surface area contributed by atoms with Crippen LogP contribution in [0.5, 0.6) is 0 Å². The number of esters is 1. The van der Waals surface area contributed by atoms with Crippen LogP contribution in [-0.2, 0) is 9.53 Å². The van der Waals surface area contributed by atoms with Crippen LogP contribution in [0.1, 0.15) is 28.6 Å². The van der Waals surface area contributed by atoms with Crippen molar-refractivity contribution in [3.05, 3.63) is 0 Å².